The normalized spacial score (nSPS) is 10.9. The van der Waals surface area contributed by atoms with Crippen molar-refractivity contribution in [2.45, 2.75) is 6.92 Å². The number of benzene rings is 1. The van der Waals surface area contributed by atoms with Crippen LogP contribution in [0, 0.1) is 6.92 Å². The number of aryl methyl sites for hydroxylation is 1. The van der Waals surface area contributed by atoms with Crippen LogP contribution in [0.2, 0.25) is 0 Å². The summed E-state index contributed by atoms with van der Waals surface area (Å²) in [7, 11) is 0. The van der Waals surface area contributed by atoms with Crippen molar-refractivity contribution in [3.63, 3.8) is 0 Å². The number of H-pyrrole nitrogens is 1. The molecule has 2 N–H and O–H groups in total. The molecule has 0 aliphatic heterocycles. The van der Waals surface area contributed by atoms with Crippen molar-refractivity contribution in [3.05, 3.63) is 74.5 Å². The van der Waals surface area contributed by atoms with Crippen LogP contribution < -0.4 is 20.0 Å². The Kier molecular flexibility index (Phi) is 4.71. The number of aromatic nitrogens is 2. The van der Waals surface area contributed by atoms with E-state index in [0.29, 0.717) is 10.7 Å². The summed E-state index contributed by atoms with van der Waals surface area (Å²) in [6, 6.07) is 9.71. The number of amides is 1. The summed E-state index contributed by atoms with van der Waals surface area (Å²) in [4.78, 5) is 26.7. The summed E-state index contributed by atoms with van der Waals surface area (Å²) >= 11 is 0.970. The molecule has 126 valence electrons. The Morgan fingerprint density at radius 3 is 2.72 bits per heavy atom. The molecule has 1 amide bonds. The second-order valence-electron chi connectivity index (χ2n) is 5.21. The monoisotopic (exact) mass is 354 g/mol. The fourth-order valence-electron chi connectivity index (χ4n) is 2.13. The van der Waals surface area contributed by atoms with Gasteiger partial charge >= 0.3 is 10.7 Å². The zero-order valence-corrected chi connectivity index (χ0v) is 14.0. The minimum Gasteiger partial charge on any atom is -0.872 e. The Balaban J connectivity index is 1.80. The molecule has 0 spiro atoms. The number of hydrazone groups is 1. The molecule has 0 bridgehead atoms. The molecule has 0 unspecified atom stereocenters. The highest BCUT2D eigenvalue weighted by Crippen LogP contribution is 2.11. The Labute approximate surface area is 146 Å². The maximum absolute atomic E-state index is 12.0. The number of hydrogen-bond donors (Lipinski definition) is 2. The molecule has 0 radical (unpaired) electrons. The molecule has 0 fully saturated rings. The summed E-state index contributed by atoms with van der Waals surface area (Å²) in [6.07, 6.45) is 5.00. The van der Waals surface area contributed by atoms with Gasteiger partial charge in [0, 0.05) is 5.56 Å². The van der Waals surface area contributed by atoms with Gasteiger partial charge in [-0.15, -0.1) is 0 Å². The van der Waals surface area contributed by atoms with Crippen LogP contribution >= 0.6 is 11.3 Å². The van der Waals surface area contributed by atoms with Gasteiger partial charge in [-0.3, -0.25) is 4.79 Å². The van der Waals surface area contributed by atoms with E-state index < -0.39 is 5.91 Å². The standard InChI is InChI=1S/C17H14N4O3S/c1-11-6-8-21(9-7-11)15-14(25-17(24)19-15)10-18-20-16(23)12-4-2-3-5-13(12)22/h2-10H,1H3,(H2-,18,19,20,22,23,24). The third-order valence-corrected chi connectivity index (χ3v) is 4.20. The fraction of sp³-hybridized carbons (Fsp3) is 0.0588. The Morgan fingerprint density at radius 2 is 2.00 bits per heavy atom. The van der Waals surface area contributed by atoms with Gasteiger partial charge in [0.15, 0.2) is 0 Å². The molecule has 0 aliphatic rings. The topological polar surface area (TPSA) is 101 Å². The summed E-state index contributed by atoms with van der Waals surface area (Å²) < 4.78 is 1.75. The van der Waals surface area contributed by atoms with Gasteiger partial charge in [-0.25, -0.2) is 14.8 Å². The first kappa shape index (κ1) is 16.6. The lowest BCUT2D eigenvalue weighted by atomic mass is 10.2. The number of hydrogen-bond acceptors (Lipinski definition) is 5. The zero-order chi connectivity index (χ0) is 17.8. The van der Waals surface area contributed by atoms with E-state index in [1.54, 1.807) is 16.7 Å². The Bertz CT molecular complexity index is 990. The molecule has 1 aromatic carbocycles. The number of carbonyl (C=O) groups excluding carboxylic acids is 1. The second-order valence-corrected chi connectivity index (χ2v) is 6.22. The Hall–Kier alpha value is -3.26. The molecule has 3 aromatic rings. The molecule has 0 atom stereocenters. The molecule has 0 saturated heterocycles. The maximum Gasteiger partial charge on any atom is 0.390 e. The van der Waals surface area contributed by atoms with E-state index in [-0.39, 0.29) is 16.2 Å². The van der Waals surface area contributed by atoms with Gasteiger partial charge < -0.3 is 5.11 Å². The van der Waals surface area contributed by atoms with E-state index in [1.807, 2.05) is 31.5 Å². The van der Waals surface area contributed by atoms with Crippen LogP contribution in [0.5, 0.6) is 5.75 Å². The maximum atomic E-state index is 12.0. The number of nitrogens with zero attached hydrogens (tertiary/aromatic N) is 2. The lowest BCUT2D eigenvalue weighted by molar-refractivity contribution is -0.599. The van der Waals surface area contributed by atoms with Gasteiger partial charge in [-0.1, -0.05) is 30.0 Å². The van der Waals surface area contributed by atoms with E-state index in [4.69, 9.17) is 0 Å². The highest BCUT2D eigenvalue weighted by molar-refractivity contribution is 7.11. The van der Waals surface area contributed by atoms with Crippen LogP contribution in [0.1, 0.15) is 20.8 Å². The molecular formula is C17H14N4O3S. The van der Waals surface area contributed by atoms with Crippen LogP contribution in [0.15, 0.2) is 58.7 Å². The highest BCUT2D eigenvalue weighted by Gasteiger charge is 2.16. The molecular weight excluding hydrogens is 340 g/mol. The highest BCUT2D eigenvalue weighted by atomic mass is 32.1. The fourth-order valence-corrected chi connectivity index (χ4v) is 2.83. The van der Waals surface area contributed by atoms with Crippen LogP contribution in [-0.4, -0.2) is 17.1 Å². The predicted molar refractivity (Wildman–Crippen MR) is 92.2 cm³/mol. The molecule has 2 aromatic heterocycles. The largest absolute Gasteiger partial charge is 0.872 e. The lowest BCUT2D eigenvalue weighted by Gasteiger charge is -2.10. The van der Waals surface area contributed by atoms with Crippen molar-refractivity contribution in [2.24, 2.45) is 5.10 Å². The molecule has 0 aliphatic carbocycles. The van der Waals surface area contributed by atoms with Crippen molar-refractivity contribution in [3.8, 4) is 11.6 Å². The van der Waals surface area contributed by atoms with Crippen molar-refractivity contribution < 1.29 is 14.5 Å². The van der Waals surface area contributed by atoms with E-state index in [2.05, 4.69) is 15.5 Å². The molecule has 8 heteroatoms. The molecule has 25 heavy (non-hydrogen) atoms. The third-order valence-electron chi connectivity index (χ3n) is 3.39. The number of pyridine rings is 1. The molecule has 0 saturated carbocycles. The summed E-state index contributed by atoms with van der Waals surface area (Å²) in [5, 5.41) is 15.5. The number of thiazole rings is 1. The quantitative estimate of drug-likeness (QED) is 0.413. The van der Waals surface area contributed by atoms with Gasteiger partial charge in [0.2, 0.25) is 0 Å². The van der Waals surface area contributed by atoms with Crippen molar-refractivity contribution in [1.82, 2.24) is 10.4 Å². The first-order chi connectivity index (χ1) is 12.0. The summed E-state index contributed by atoms with van der Waals surface area (Å²) in [6.45, 7) is 1.96. The number of carbonyl (C=O) groups is 1. The van der Waals surface area contributed by atoms with Crippen molar-refractivity contribution >= 4 is 23.5 Å². The minimum absolute atomic E-state index is 0.00930. The molecule has 2 heterocycles. The van der Waals surface area contributed by atoms with Crippen molar-refractivity contribution in [1.29, 1.82) is 0 Å². The van der Waals surface area contributed by atoms with Crippen molar-refractivity contribution in [2.75, 3.05) is 0 Å². The molecule has 7 nitrogen and oxygen atoms in total. The summed E-state index contributed by atoms with van der Waals surface area (Å²) in [5.41, 5.74) is 3.40. The second kappa shape index (κ2) is 7.10. The minimum atomic E-state index is -0.603. The van der Waals surface area contributed by atoms with E-state index in [9.17, 15) is 14.7 Å². The van der Waals surface area contributed by atoms with Gasteiger partial charge in [-0.05, 0) is 36.0 Å². The smallest absolute Gasteiger partial charge is 0.390 e. The zero-order valence-electron chi connectivity index (χ0n) is 13.2. The van der Waals surface area contributed by atoms with Gasteiger partial charge in [0.1, 0.15) is 4.88 Å². The predicted octanol–water partition coefficient (Wildman–Crippen LogP) is 0.859. The average molecular weight is 354 g/mol. The first-order valence-corrected chi connectivity index (χ1v) is 8.17. The average Bonchev–Trinajstić information content (AvgIpc) is 2.96. The van der Waals surface area contributed by atoms with Gasteiger partial charge in [0.25, 0.3) is 5.91 Å². The molecule has 3 rings (SSSR count). The van der Waals surface area contributed by atoms with E-state index in [1.165, 1.54) is 18.3 Å². The summed E-state index contributed by atoms with van der Waals surface area (Å²) in [5.74, 6) is -0.427. The first-order valence-electron chi connectivity index (χ1n) is 7.35. The van der Waals surface area contributed by atoms with Crippen LogP contribution in [0.25, 0.3) is 5.82 Å². The Morgan fingerprint density at radius 1 is 1.28 bits per heavy atom. The van der Waals surface area contributed by atoms with Gasteiger partial charge in [0.05, 0.1) is 18.6 Å². The van der Waals surface area contributed by atoms with Crippen LogP contribution in [0.3, 0.4) is 0 Å². The number of rotatable bonds is 4. The van der Waals surface area contributed by atoms with E-state index >= 15 is 0 Å². The number of para-hydroxylation sites is 1. The number of nitrogens with one attached hydrogen (secondary N) is 2. The SMILES string of the molecule is Cc1cc[n+](-c2[nH]c(=O)sc2/C=N\NC(=O)c2ccccc2[O-])cc1. The van der Waals surface area contributed by atoms with Gasteiger partial charge in [-0.2, -0.15) is 10.1 Å². The van der Waals surface area contributed by atoms with Crippen LogP contribution in [-0.2, 0) is 0 Å². The lowest BCUT2D eigenvalue weighted by Crippen LogP contribution is -2.32. The third kappa shape index (κ3) is 3.81. The van der Waals surface area contributed by atoms with E-state index in [0.717, 1.165) is 16.9 Å². The number of aromatic amines is 1. The van der Waals surface area contributed by atoms with Crippen LogP contribution in [0.4, 0.5) is 0 Å².